The van der Waals surface area contributed by atoms with E-state index in [9.17, 15) is 4.79 Å². The fourth-order valence-electron chi connectivity index (χ4n) is 3.47. The second-order valence-corrected chi connectivity index (χ2v) is 6.93. The van der Waals surface area contributed by atoms with Crippen LogP contribution in [0.15, 0.2) is 78.9 Å². The summed E-state index contributed by atoms with van der Waals surface area (Å²) in [5, 5.41) is 7.80. The number of hydrogen-bond acceptors (Lipinski definition) is 3. The van der Waals surface area contributed by atoms with Crippen molar-refractivity contribution in [2.24, 2.45) is 0 Å². The van der Waals surface area contributed by atoms with Gasteiger partial charge in [-0.05, 0) is 53.6 Å². The molecular weight excluding hydrogens is 346 g/mol. The predicted molar refractivity (Wildman–Crippen MR) is 116 cm³/mol. The predicted octanol–water partition coefficient (Wildman–Crippen LogP) is 5.96. The van der Waals surface area contributed by atoms with Crippen molar-refractivity contribution in [1.29, 1.82) is 0 Å². The van der Waals surface area contributed by atoms with Gasteiger partial charge in [-0.3, -0.25) is 4.79 Å². The number of ketones is 1. The molecule has 4 aromatic rings. The van der Waals surface area contributed by atoms with Crippen LogP contribution in [-0.2, 0) is 4.74 Å². The number of aryl methyl sites for hydroxylation is 1. The van der Waals surface area contributed by atoms with E-state index >= 15 is 0 Å². The second kappa shape index (κ2) is 7.83. The topological polar surface area (TPSA) is 38.3 Å². The first kappa shape index (κ1) is 18.2. The van der Waals surface area contributed by atoms with Crippen molar-refractivity contribution in [3.05, 3.63) is 90.0 Å². The molecule has 0 saturated heterocycles. The lowest BCUT2D eigenvalue weighted by molar-refractivity contribution is 0.0550. The highest BCUT2D eigenvalue weighted by molar-refractivity contribution is 6.10. The van der Waals surface area contributed by atoms with E-state index in [0.29, 0.717) is 12.2 Å². The van der Waals surface area contributed by atoms with Gasteiger partial charge in [-0.1, -0.05) is 66.2 Å². The third kappa shape index (κ3) is 3.62. The van der Waals surface area contributed by atoms with Gasteiger partial charge < -0.3 is 10.1 Å². The number of hydrogen-bond donors (Lipinski definition) is 1. The Kier molecular flexibility index (Phi) is 5.09. The minimum absolute atomic E-state index is 0.0718. The van der Waals surface area contributed by atoms with Crippen LogP contribution in [0, 0.1) is 6.92 Å². The van der Waals surface area contributed by atoms with Crippen LogP contribution in [0.5, 0.6) is 0 Å². The zero-order chi connectivity index (χ0) is 19.5. The number of ether oxygens (including phenoxy) is 1. The number of fused-ring (bicyclic) bond motifs is 3. The zero-order valence-corrected chi connectivity index (χ0v) is 16.1. The van der Waals surface area contributed by atoms with Crippen LogP contribution in [-0.4, -0.2) is 18.6 Å². The van der Waals surface area contributed by atoms with Gasteiger partial charge >= 0.3 is 0 Å². The Hall–Kier alpha value is -3.17. The summed E-state index contributed by atoms with van der Waals surface area (Å²) in [6.07, 6.45) is -0.717. The summed E-state index contributed by atoms with van der Waals surface area (Å²) < 4.78 is 5.71. The van der Waals surface area contributed by atoms with Gasteiger partial charge in [0.15, 0.2) is 6.23 Å². The molecule has 3 heteroatoms. The molecule has 0 fully saturated rings. The Morgan fingerprint density at radius 3 is 2.39 bits per heavy atom. The third-order valence-corrected chi connectivity index (χ3v) is 4.95. The number of carbonyl (C=O) groups excluding carboxylic acids is 1. The monoisotopic (exact) mass is 369 g/mol. The van der Waals surface area contributed by atoms with Crippen LogP contribution in [0.1, 0.15) is 22.8 Å². The first-order valence-electron chi connectivity index (χ1n) is 9.56. The lowest BCUT2D eigenvalue weighted by Gasteiger charge is -2.19. The molecule has 3 nitrogen and oxygen atoms in total. The van der Waals surface area contributed by atoms with E-state index in [1.54, 1.807) is 0 Å². The van der Waals surface area contributed by atoms with E-state index in [4.69, 9.17) is 4.74 Å². The van der Waals surface area contributed by atoms with Gasteiger partial charge in [0.1, 0.15) is 0 Å². The van der Waals surface area contributed by atoms with Crippen LogP contribution in [0.2, 0.25) is 0 Å². The molecule has 0 aromatic heterocycles. The summed E-state index contributed by atoms with van der Waals surface area (Å²) in [6, 6.07) is 26.3. The van der Waals surface area contributed by atoms with E-state index in [2.05, 4.69) is 29.6 Å². The molecular formula is C25H23NO2. The highest BCUT2D eigenvalue weighted by atomic mass is 16.5. The van der Waals surface area contributed by atoms with Gasteiger partial charge in [-0.2, -0.15) is 0 Å². The molecule has 0 radical (unpaired) electrons. The van der Waals surface area contributed by atoms with Gasteiger partial charge in [-0.15, -0.1) is 0 Å². The first-order chi connectivity index (χ1) is 13.7. The number of rotatable bonds is 6. The molecule has 0 aliphatic carbocycles. The Balaban J connectivity index is 1.67. The standard InChI is InChI=1S/C25H23NO2/c1-3-28-25(26-21-13-8-17(2)9-14-21)24(27)20-12-15-23-19(16-20)11-10-18-6-4-5-7-22(18)23/h4-16,25-26H,3H2,1-2H3. The SMILES string of the molecule is CCOC(Nc1ccc(C)cc1)C(=O)c1ccc2c(ccc3ccccc32)c1. The average Bonchev–Trinajstić information content (AvgIpc) is 2.74. The number of anilines is 1. The van der Waals surface area contributed by atoms with Gasteiger partial charge in [0.05, 0.1) is 0 Å². The minimum Gasteiger partial charge on any atom is -0.354 e. The first-order valence-corrected chi connectivity index (χ1v) is 9.56. The van der Waals surface area contributed by atoms with Crippen LogP contribution in [0.4, 0.5) is 5.69 Å². The molecule has 0 saturated carbocycles. The fraction of sp³-hybridized carbons (Fsp3) is 0.160. The fourth-order valence-corrected chi connectivity index (χ4v) is 3.47. The van der Waals surface area contributed by atoms with Crippen molar-refractivity contribution in [2.75, 3.05) is 11.9 Å². The zero-order valence-electron chi connectivity index (χ0n) is 16.1. The van der Waals surface area contributed by atoms with Crippen LogP contribution >= 0.6 is 0 Å². The van der Waals surface area contributed by atoms with Crippen molar-refractivity contribution >= 4 is 33.0 Å². The van der Waals surface area contributed by atoms with Gasteiger partial charge in [0.25, 0.3) is 0 Å². The van der Waals surface area contributed by atoms with E-state index in [0.717, 1.165) is 16.5 Å². The summed E-state index contributed by atoms with van der Waals surface area (Å²) in [7, 11) is 0. The van der Waals surface area contributed by atoms with Crippen LogP contribution < -0.4 is 5.32 Å². The van der Waals surface area contributed by atoms with Crippen molar-refractivity contribution < 1.29 is 9.53 Å². The van der Waals surface area contributed by atoms with Crippen molar-refractivity contribution in [1.82, 2.24) is 0 Å². The summed E-state index contributed by atoms with van der Waals surface area (Å²) in [5.74, 6) is -0.0718. The van der Waals surface area contributed by atoms with Crippen LogP contribution in [0.25, 0.3) is 21.5 Å². The van der Waals surface area contributed by atoms with Crippen molar-refractivity contribution in [3.8, 4) is 0 Å². The Bertz CT molecular complexity index is 1130. The molecule has 1 atom stereocenters. The van der Waals surface area contributed by atoms with Crippen molar-refractivity contribution in [2.45, 2.75) is 20.1 Å². The van der Waals surface area contributed by atoms with Gasteiger partial charge in [-0.25, -0.2) is 0 Å². The molecule has 0 aliphatic heterocycles. The largest absolute Gasteiger partial charge is 0.354 e. The molecule has 0 heterocycles. The molecule has 0 aliphatic rings. The smallest absolute Gasteiger partial charge is 0.212 e. The lowest BCUT2D eigenvalue weighted by atomic mass is 9.98. The molecule has 1 unspecified atom stereocenters. The molecule has 0 bridgehead atoms. The maximum Gasteiger partial charge on any atom is 0.212 e. The quantitative estimate of drug-likeness (QED) is 0.259. The molecule has 28 heavy (non-hydrogen) atoms. The van der Waals surface area contributed by atoms with E-state index in [1.165, 1.54) is 16.3 Å². The third-order valence-electron chi connectivity index (χ3n) is 4.95. The summed E-state index contributed by atoms with van der Waals surface area (Å²) in [4.78, 5) is 13.1. The Labute approximate surface area is 165 Å². The molecule has 140 valence electrons. The molecule has 0 amide bonds. The molecule has 4 rings (SSSR count). The second-order valence-electron chi connectivity index (χ2n) is 6.93. The van der Waals surface area contributed by atoms with E-state index < -0.39 is 6.23 Å². The van der Waals surface area contributed by atoms with Gasteiger partial charge in [0.2, 0.25) is 5.78 Å². The maximum absolute atomic E-state index is 13.1. The summed E-state index contributed by atoms with van der Waals surface area (Å²) >= 11 is 0. The minimum atomic E-state index is -0.717. The highest BCUT2D eigenvalue weighted by Crippen LogP contribution is 2.26. The molecule has 4 aromatic carbocycles. The van der Waals surface area contributed by atoms with Crippen LogP contribution in [0.3, 0.4) is 0 Å². The Morgan fingerprint density at radius 1 is 0.893 bits per heavy atom. The summed E-state index contributed by atoms with van der Waals surface area (Å²) in [6.45, 7) is 4.38. The van der Waals surface area contributed by atoms with Crippen molar-refractivity contribution in [3.63, 3.8) is 0 Å². The maximum atomic E-state index is 13.1. The highest BCUT2D eigenvalue weighted by Gasteiger charge is 2.20. The molecule has 1 N–H and O–H groups in total. The number of Topliss-reactive ketones (excluding diaryl/α,β-unsaturated/α-hetero) is 1. The van der Waals surface area contributed by atoms with E-state index in [-0.39, 0.29) is 5.78 Å². The lowest BCUT2D eigenvalue weighted by Crippen LogP contribution is -2.32. The Morgan fingerprint density at radius 2 is 1.61 bits per heavy atom. The normalized spacial score (nSPS) is 12.2. The van der Waals surface area contributed by atoms with Gasteiger partial charge in [0, 0.05) is 17.9 Å². The average molecular weight is 369 g/mol. The number of carbonyl (C=O) groups is 1. The molecule has 0 spiro atoms. The summed E-state index contributed by atoms with van der Waals surface area (Å²) in [5.41, 5.74) is 2.68. The number of benzene rings is 4. The van der Waals surface area contributed by atoms with E-state index in [1.807, 2.05) is 68.4 Å². The number of nitrogens with one attached hydrogen (secondary N) is 1.